The molecule has 2 aromatic rings. The Morgan fingerprint density at radius 2 is 1.86 bits per heavy atom. The van der Waals surface area contributed by atoms with E-state index in [4.69, 9.17) is 9.47 Å². The number of ether oxygens (including phenoxy) is 2. The summed E-state index contributed by atoms with van der Waals surface area (Å²) in [5, 5.41) is 2.76. The van der Waals surface area contributed by atoms with Crippen molar-refractivity contribution in [3.8, 4) is 5.75 Å². The lowest BCUT2D eigenvalue weighted by Gasteiger charge is -2.19. The van der Waals surface area contributed by atoms with E-state index in [0.717, 1.165) is 4.47 Å². The molecule has 0 bridgehead atoms. The van der Waals surface area contributed by atoms with Crippen molar-refractivity contribution in [2.75, 3.05) is 21.3 Å². The molecule has 1 amide bonds. The fraction of sp³-hybridized carbons (Fsp3) is 0.263. The lowest BCUT2D eigenvalue weighted by Crippen LogP contribution is -2.31. The van der Waals surface area contributed by atoms with Crippen molar-refractivity contribution >= 4 is 37.8 Å². The SMILES string of the molecule is CNS(=O)(=O)c1cc(C(=O)N[C@H](CC(=O)OC)c2cccc(Br)c2)ccc1OC. The zero-order valence-corrected chi connectivity index (χ0v) is 18.5. The summed E-state index contributed by atoms with van der Waals surface area (Å²) in [6.07, 6.45) is -0.0868. The fourth-order valence-corrected chi connectivity index (χ4v) is 3.94. The van der Waals surface area contributed by atoms with Gasteiger partial charge in [-0.15, -0.1) is 0 Å². The summed E-state index contributed by atoms with van der Waals surface area (Å²) in [6.45, 7) is 0. The van der Waals surface area contributed by atoms with Gasteiger partial charge in [0.2, 0.25) is 10.0 Å². The summed E-state index contributed by atoms with van der Waals surface area (Å²) in [7, 11) is 0.0247. The maximum Gasteiger partial charge on any atom is 0.307 e. The molecule has 2 N–H and O–H groups in total. The van der Waals surface area contributed by atoms with Gasteiger partial charge in [0.05, 0.1) is 26.7 Å². The molecule has 0 radical (unpaired) electrons. The van der Waals surface area contributed by atoms with Crippen molar-refractivity contribution < 1.29 is 27.5 Å². The lowest BCUT2D eigenvalue weighted by molar-refractivity contribution is -0.141. The third kappa shape index (κ3) is 5.78. The first kappa shape index (κ1) is 22.9. The number of amides is 1. The highest BCUT2D eigenvalue weighted by molar-refractivity contribution is 9.10. The molecule has 0 fully saturated rings. The second kappa shape index (κ2) is 9.86. The first-order chi connectivity index (χ1) is 13.7. The van der Waals surface area contributed by atoms with Crippen molar-refractivity contribution in [2.24, 2.45) is 0 Å². The van der Waals surface area contributed by atoms with Crippen LogP contribution in [0.2, 0.25) is 0 Å². The summed E-state index contributed by atoms with van der Waals surface area (Å²) in [5.74, 6) is -0.938. The Bertz CT molecular complexity index is 1010. The molecule has 1 atom stereocenters. The molecule has 2 aromatic carbocycles. The van der Waals surface area contributed by atoms with Gasteiger partial charge in [-0.25, -0.2) is 13.1 Å². The van der Waals surface area contributed by atoms with Crippen LogP contribution in [0.5, 0.6) is 5.75 Å². The van der Waals surface area contributed by atoms with E-state index in [1.807, 2.05) is 6.07 Å². The van der Waals surface area contributed by atoms with Gasteiger partial charge in [-0.05, 0) is 42.9 Å². The van der Waals surface area contributed by atoms with E-state index in [0.29, 0.717) is 5.56 Å². The van der Waals surface area contributed by atoms with Crippen LogP contribution in [-0.4, -0.2) is 41.6 Å². The van der Waals surface area contributed by atoms with Gasteiger partial charge in [-0.1, -0.05) is 28.1 Å². The maximum atomic E-state index is 12.8. The second-order valence-electron chi connectivity index (χ2n) is 5.93. The molecule has 0 aliphatic carbocycles. The van der Waals surface area contributed by atoms with Gasteiger partial charge in [-0.3, -0.25) is 9.59 Å². The Kier molecular flexibility index (Phi) is 7.77. The van der Waals surface area contributed by atoms with Crippen molar-refractivity contribution in [3.63, 3.8) is 0 Å². The van der Waals surface area contributed by atoms with Gasteiger partial charge in [0.15, 0.2) is 0 Å². The highest BCUT2D eigenvalue weighted by Gasteiger charge is 2.23. The molecule has 0 unspecified atom stereocenters. The number of halogens is 1. The van der Waals surface area contributed by atoms with E-state index in [1.54, 1.807) is 18.2 Å². The van der Waals surface area contributed by atoms with Crippen molar-refractivity contribution in [3.05, 3.63) is 58.1 Å². The Hall–Kier alpha value is -2.43. The number of carbonyl (C=O) groups excluding carboxylic acids is 2. The third-order valence-electron chi connectivity index (χ3n) is 4.14. The predicted molar refractivity (Wildman–Crippen MR) is 110 cm³/mol. The molecule has 0 saturated carbocycles. The second-order valence-corrected chi connectivity index (χ2v) is 8.71. The minimum Gasteiger partial charge on any atom is -0.495 e. The molecule has 0 aromatic heterocycles. The quantitative estimate of drug-likeness (QED) is 0.556. The normalized spacial score (nSPS) is 12.1. The number of esters is 1. The largest absolute Gasteiger partial charge is 0.495 e. The zero-order chi connectivity index (χ0) is 21.6. The standard InChI is InChI=1S/C19H21BrN2O6S/c1-21-29(25,26)17-10-13(7-8-16(17)27-2)19(24)22-15(11-18(23)28-3)12-5-4-6-14(20)9-12/h4-10,15,21H,11H2,1-3H3,(H,22,24)/t15-/m1/s1. The Morgan fingerprint density at radius 1 is 1.14 bits per heavy atom. The number of rotatable bonds is 8. The van der Waals surface area contributed by atoms with E-state index >= 15 is 0 Å². The lowest BCUT2D eigenvalue weighted by atomic mass is 10.0. The summed E-state index contributed by atoms with van der Waals surface area (Å²) in [6, 6.07) is 10.5. The van der Waals surface area contributed by atoms with Gasteiger partial charge in [0, 0.05) is 10.0 Å². The highest BCUT2D eigenvalue weighted by Crippen LogP contribution is 2.26. The van der Waals surface area contributed by atoms with Crippen LogP contribution in [0.1, 0.15) is 28.4 Å². The monoisotopic (exact) mass is 484 g/mol. The van der Waals surface area contributed by atoms with E-state index in [1.165, 1.54) is 39.5 Å². The fourth-order valence-electron chi connectivity index (χ4n) is 2.61. The predicted octanol–water partition coefficient (Wildman–Crippen LogP) is 2.40. The minimum absolute atomic E-state index is 0.0868. The Morgan fingerprint density at radius 3 is 2.45 bits per heavy atom. The van der Waals surface area contributed by atoms with Gasteiger partial charge in [-0.2, -0.15) is 0 Å². The number of sulfonamides is 1. The van der Waals surface area contributed by atoms with Crippen molar-refractivity contribution in [1.29, 1.82) is 0 Å². The number of methoxy groups -OCH3 is 2. The molecular weight excluding hydrogens is 464 g/mol. The van der Waals surface area contributed by atoms with Crippen molar-refractivity contribution in [1.82, 2.24) is 10.0 Å². The summed E-state index contributed by atoms with van der Waals surface area (Å²) < 4.78 is 37.2. The molecule has 0 saturated heterocycles. The number of hydrogen-bond acceptors (Lipinski definition) is 6. The average molecular weight is 485 g/mol. The molecule has 10 heteroatoms. The molecule has 8 nitrogen and oxygen atoms in total. The third-order valence-corrected chi connectivity index (χ3v) is 6.07. The van der Waals surface area contributed by atoms with E-state index in [-0.39, 0.29) is 22.6 Å². The van der Waals surface area contributed by atoms with Crippen LogP contribution in [0.4, 0.5) is 0 Å². The number of hydrogen-bond donors (Lipinski definition) is 2. The average Bonchev–Trinajstić information content (AvgIpc) is 2.72. The molecule has 29 heavy (non-hydrogen) atoms. The Balaban J connectivity index is 2.38. The minimum atomic E-state index is -3.84. The van der Waals surface area contributed by atoms with E-state index in [9.17, 15) is 18.0 Å². The van der Waals surface area contributed by atoms with E-state index < -0.39 is 27.9 Å². The smallest absolute Gasteiger partial charge is 0.307 e. The van der Waals surface area contributed by atoms with Crippen LogP contribution in [0.25, 0.3) is 0 Å². The van der Waals surface area contributed by atoms with Gasteiger partial charge in [0.1, 0.15) is 10.6 Å². The van der Waals surface area contributed by atoms with Gasteiger partial charge in [0.25, 0.3) is 5.91 Å². The topological polar surface area (TPSA) is 111 Å². The van der Waals surface area contributed by atoms with Crippen LogP contribution in [0, 0.1) is 0 Å². The molecule has 2 rings (SSSR count). The molecule has 0 spiro atoms. The van der Waals surface area contributed by atoms with Crippen LogP contribution in [0.3, 0.4) is 0 Å². The summed E-state index contributed by atoms with van der Waals surface area (Å²) in [4.78, 5) is 24.5. The van der Waals surface area contributed by atoms with Crippen LogP contribution in [-0.2, 0) is 19.6 Å². The maximum absolute atomic E-state index is 12.8. The first-order valence-corrected chi connectivity index (χ1v) is 10.7. The Labute approximate surface area is 177 Å². The molecule has 0 aliphatic rings. The number of benzene rings is 2. The van der Waals surface area contributed by atoms with Gasteiger partial charge >= 0.3 is 5.97 Å². The molecule has 156 valence electrons. The zero-order valence-electron chi connectivity index (χ0n) is 16.1. The molecule has 0 heterocycles. The van der Waals surface area contributed by atoms with Gasteiger partial charge < -0.3 is 14.8 Å². The van der Waals surface area contributed by atoms with Crippen molar-refractivity contribution in [2.45, 2.75) is 17.4 Å². The molecular formula is C19H21BrN2O6S. The van der Waals surface area contributed by atoms with E-state index in [2.05, 4.69) is 26.0 Å². The van der Waals surface area contributed by atoms with Crippen LogP contribution < -0.4 is 14.8 Å². The van der Waals surface area contributed by atoms with Crippen LogP contribution in [0.15, 0.2) is 51.8 Å². The summed E-state index contributed by atoms with van der Waals surface area (Å²) >= 11 is 3.36. The summed E-state index contributed by atoms with van der Waals surface area (Å²) in [5.41, 5.74) is 0.791. The van der Waals surface area contributed by atoms with Crippen LogP contribution >= 0.6 is 15.9 Å². The first-order valence-electron chi connectivity index (χ1n) is 8.46. The molecule has 0 aliphatic heterocycles. The number of nitrogens with one attached hydrogen (secondary N) is 2. The number of carbonyl (C=O) groups is 2. The highest BCUT2D eigenvalue weighted by atomic mass is 79.9.